The first kappa shape index (κ1) is 18.2. The summed E-state index contributed by atoms with van der Waals surface area (Å²) in [5.41, 5.74) is -3.66. The number of benzene rings is 1. The molecule has 27 heavy (non-hydrogen) atoms. The topological polar surface area (TPSA) is 119 Å². The van der Waals surface area contributed by atoms with Crippen LogP contribution in [0.3, 0.4) is 0 Å². The van der Waals surface area contributed by atoms with Crippen molar-refractivity contribution in [2.24, 2.45) is 7.05 Å². The Kier molecular flexibility index (Phi) is 4.05. The third-order valence-electron chi connectivity index (χ3n) is 3.92. The van der Waals surface area contributed by atoms with Gasteiger partial charge in [-0.15, -0.1) is 0 Å². The van der Waals surface area contributed by atoms with E-state index in [1.54, 1.807) is 0 Å². The molecule has 1 aromatic carbocycles. The number of hydrogen-bond donors (Lipinski definition) is 2. The summed E-state index contributed by atoms with van der Waals surface area (Å²) >= 11 is 0. The van der Waals surface area contributed by atoms with Gasteiger partial charge in [-0.1, -0.05) is 0 Å². The third kappa shape index (κ3) is 3.16. The minimum Gasteiger partial charge on any atom is -0.477 e. The van der Waals surface area contributed by atoms with Gasteiger partial charge in [0.1, 0.15) is 12.1 Å². The molecule has 0 amide bonds. The maximum atomic E-state index is 12.8. The number of carbonyl (C=O) groups is 1. The van der Waals surface area contributed by atoms with E-state index < -0.39 is 41.2 Å². The van der Waals surface area contributed by atoms with Crippen molar-refractivity contribution in [2.45, 2.75) is 12.7 Å². The van der Waals surface area contributed by atoms with Crippen LogP contribution in [0.4, 0.5) is 13.2 Å². The summed E-state index contributed by atoms with van der Waals surface area (Å²) in [7, 11) is 1.30. The van der Waals surface area contributed by atoms with Crippen LogP contribution < -0.4 is 16.9 Å². The molecule has 0 aliphatic rings. The van der Waals surface area contributed by atoms with E-state index in [9.17, 15) is 32.3 Å². The van der Waals surface area contributed by atoms with Crippen molar-refractivity contribution < 1.29 is 23.1 Å². The van der Waals surface area contributed by atoms with Gasteiger partial charge in [0.2, 0.25) is 0 Å². The number of nitrogens with one attached hydrogen (secondary N) is 1. The Bertz CT molecular complexity index is 1250. The molecule has 2 heterocycles. The highest BCUT2D eigenvalue weighted by Gasteiger charge is 2.30. The number of carboxylic acid groups (broad SMARTS) is 1. The second kappa shape index (κ2) is 6.00. The second-order valence-electron chi connectivity index (χ2n) is 5.69. The highest BCUT2D eigenvalue weighted by molar-refractivity contribution is 5.86. The number of hydrogen-bond acceptors (Lipinski definition) is 4. The molecule has 0 aliphatic carbocycles. The predicted octanol–water partition coefficient (Wildman–Crippen LogP) is 0.440. The van der Waals surface area contributed by atoms with Crippen LogP contribution in [0.15, 0.2) is 38.8 Å². The molecule has 12 heteroatoms. The van der Waals surface area contributed by atoms with Gasteiger partial charge < -0.3 is 5.11 Å². The molecule has 0 unspecified atom stereocenters. The fourth-order valence-corrected chi connectivity index (χ4v) is 2.70. The average Bonchev–Trinajstić information content (AvgIpc) is 2.78. The van der Waals surface area contributed by atoms with Crippen LogP contribution >= 0.6 is 0 Å². The number of aryl methyl sites for hydroxylation is 1. The van der Waals surface area contributed by atoms with Crippen LogP contribution in [0.1, 0.15) is 10.4 Å². The Labute approximate surface area is 146 Å². The van der Waals surface area contributed by atoms with Gasteiger partial charge in [-0.05, 0) is 18.2 Å². The standard InChI is InChI=1S/C15H11F3N4O5/c1-20-9-3-2-7(4-10(9)22(14(20)27)6-15(16,17)18)21-5-8(12(24)25)11(23)19-13(21)26/h2-5H,6H2,1H3,(H,24,25)(H,19,23,26). The molecule has 0 atom stereocenters. The van der Waals surface area contributed by atoms with Crippen LogP contribution in [0, 0.1) is 0 Å². The predicted molar refractivity (Wildman–Crippen MR) is 86.4 cm³/mol. The summed E-state index contributed by atoms with van der Waals surface area (Å²) in [4.78, 5) is 48.5. The number of imidazole rings is 1. The highest BCUT2D eigenvalue weighted by atomic mass is 19.4. The summed E-state index contributed by atoms with van der Waals surface area (Å²) in [5, 5.41) is 9.00. The van der Waals surface area contributed by atoms with E-state index in [2.05, 4.69) is 0 Å². The maximum Gasteiger partial charge on any atom is 0.406 e. The smallest absolute Gasteiger partial charge is 0.406 e. The summed E-state index contributed by atoms with van der Waals surface area (Å²) < 4.78 is 40.7. The molecular formula is C15H11F3N4O5. The molecule has 0 aliphatic heterocycles. The van der Waals surface area contributed by atoms with Gasteiger partial charge >= 0.3 is 23.5 Å². The Morgan fingerprint density at radius 3 is 2.44 bits per heavy atom. The fourth-order valence-electron chi connectivity index (χ4n) is 2.70. The lowest BCUT2D eigenvalue weighted by Gasteiger charge is -2.09. The number of fused-ring (bicyclic) bond motifs is 1. The van der Waals surface area contributed by atoms with Crippen LogP contribution in [-0.2, 0) is 13.6 Å². The molecule has 2 aromatic heterocycles. The number of rotatable bonds is 3. The third-order valence-corrected chi connectivity index (χ3v) is 3.92. The Morgan fingerprint density at radius 2 is 1.85 bits per heavy atom. The summed E-state index contributed by atoms with van der Waals surface area (Å²) in [5.74, 6) is -1.58. The molecule has 0 fully saturated rings. The molecule has 142 valence electrons. The maximum absolute atomic E-state index is 12.8. The lowest BCUT2D eigenvalue weighted by atomic mass is 10.2. The van der Waals surface area contributed by atoms with Crippen molar-refractivity contribution in [1.82, 2.24) is 18.7 Å². The minimum absolute atomic E-state index is 0.0206. The van der Waals surface area contributed by atoms with Crippen molar-refractivity contribution in [1.29, 1.82) is 0 Å². The second-order valence-corrected chi connectivity index (χ2v) is 5.69. The van der Waals surface area contributed by atoms with Gasteiger partial charge in [-0.25, -0.2) is 14.4 Å². The number of carboxylic acids is 1. The number of nitrogens with zero attached hydrogens (tertiary/aromatic N) is 3. The van der Waals surface area contributed by atoms with Gasteiger partial charge in [0.15, 0.2) is 0 Å². The SMILES string of the molecule is Cn1c(=O)n(CC(F)(F)F)c2cc(-n3cc(C(=O)O)c(=O)[nH]c3=O)ccc21. The summed E-state index contributed by atoms with van der Waals surface area (Å²) in [6, 6.07) is 3.76. The number of aromatic nitrogens is 4. The minimum atomic E-state index is -4.65. The molecule has 0 bridgehead atoms. The van der Waals surface area contributed by atoms with Crippen molar-refractivity contribution >= 4 is 17.0 Å². The number of aromatic carboxylic acids is 1. The van der Waals surface area contributed by atoms with Crippen LogP contribution in [0.5, 0.6) is 0 Å². The molecular weight excluding hydrogens is 373 g/mol. The zero-order valence-corrected chi connectivity index (χ0v) is 13.6. The lowest BCUT2D eigenvalue weighted by Crippen LogP contribution is -2.32. The molecule has 2 N–H and O–H groups in total. The number of H-pyrrole nitrogens is 1. The van der Waals surface area contributed by atoms with E-state index >= 15 is 0 Å². The Hall–Kier alpha value is -3.57. The first-order valence-electron chi connectivity index (χ1n) is 7.35. The van der Waals surface area contributed by atoms with Crippen molar-refractivity contribution in [3.05, 3.63) is 61.3 Å². The first-order valence-corrected chi connectivity index (χ1v) is 7.35. The van der Waals surface area contributed by atoms with Crippen molar-refractivity contribution in [2.75, 3.05) is 0 Å². The van der Waals surface area contributed by atoms with Crippen LogP contribution in [-0.4, -0.2) is 35.9 Å². The molecule has 0 radical (unpaired) electrons. The van der Waals surface area contributed by atoms with E-state index in [4.69, 9.17) is 5.11 Å². The van der Waals surface area contributed by atoms with Gasteiger partial charge in [-0.2, -0.15) is 13.2 Å². The molecule has 3 aromatic rings. The van der Waals surface area contributed by atoms with Gasteiger partial charge in [0.05, 0.1) is 16.7 Å². The van der Waals surface area contributed by atoms with E-state index in [-0.39, 0.29) is 16.7 Å². The monoisotopic (exact) mass is 384 g/mol. The van der Waals surface area contributed by atoms with Gasteiger partial charge in [0, 0.05) is 13.2 Å². The summed E-state index contributed by atoms with van der Waals surface area (Å²) in [6.45, 7) is -1.53. The highest BCUT2D eigenvalue weighted by Crippen LogP contribution is 2.22. The van der Waals surface area contributed by atoms with E-state index in [1.807, 2.05) is 4.98 Å². The van der Waals surface area contributed by atoms with E-state index in [0.29, 0.717) is 4.57 Å². The number of halogens is 3. The van der Waals surface area contributed by atoms with Crippen LogP contribution in [0.25, 0.3) is 16.7 Å². The number of aromatic amines is 1. The molecule has 0 saturated carbocycles. The zero-order chi connectivity index (χ0) is 20.1. The van der Waals surface area contributed by atoms with Crippen molar-refractivity contribution in [3.63, 3.8) is 0 Å². The quantitative estimate of drug-likeness (QED) is 0.679. The largest absolute Gasteiger partial charge is 0.477 e. The van der Waals surface area contributed by atoms with Gasteiger partial charge in [0.25, 0.3) is 5.56 Å². The lowest BCUT2D eigenvalue weighted by molar-refractivity contribution is -0.140. The molecule has 3 rings (SSSR count). The van der Waals surface area contributed by atoms with E-state index in [0.717, 1.165) is 21.4 Å². The summed E-state index contributed by atoms with van der Waals surface area (Å²) in [6.07, 6.45) is -3.89. The van der Waals surface area contributed by atoms with E-state index in [1.165, 1.54) is 19.2 Å². The first-order chi connectivity index (χ1) is 12.5. The zero-order valence-electron chi connectivity index (χ0n) is 13.6. The molecule has 0 spiro atoms. The Balaban J connectivity index is 2.30. The molecule has 0 saturated heterocycles. The van der Waals surface area contributed by atoms with Crippen LogP contribution in [0.2, 0.25) is 0 Å². The fraction of sp³-hybridized carbons (Fsp3) is 0.200. The molecule has 9 nitrogen and oxygen atoms in total. The normalized spacial score (nSPS) is 11.9. The number of alkyl halides is 3. The van der Waals surface area contributed by atoms with Crippen molar-refractivity contribution in [3.8, 4) is 5.69 Å². The average molecular weight is 384 g/mol. The Morgan fingerprint density at radius 1 is 1.19 bits per heavy atom. The van der Waals surface area contributed by atoms with Gasteiger partial charge in [-0.3, -0.25) is 23.5 Å².